The summed E-state index contributed by atoms with van der Waals surface area (Å²) >= 11 is 0. The van der Waals surface area contributed by atoms with E-state index in [4.69, 9.17) is 4.74 Å². The van der Waals surface area contributed by atoms with E-state index in [2.05, 4.69) is 5.32 Å². The van der Waals surface area contributed by atoms with E-state index in [1.54, 1.807) is 9.80 Å². The molecule has 0 bridgehead atoms. The molecule has 36 heavy (non-hydrogen) atoms. The first-order valence-corrected chi connectivity index (χ1v) is 12.5. The van der Waals surface area contributed by atoms with Crippen LogP contribution in [0.4, 0.5) is 4.79 Å². The van der Waals surface area contributed by atoms with Gasteiger partial charge < -0.3 is 19.9 Å². The quantitative estimate of drug-likeness (QED) is 0.272. The third-order valence-electron chi connectivity index (χ3n) is 6.26. The Hall–Kier alpha value is -3.14. The van der Waals surface area contributed by atoms with Gasteiger partial charge in [-0.15, -0.1) is 0 Å². The van der Waals surface area contributed by atoms with Crippen LogP contribution in [-0.2, 0) is 25.7 Å². The number of piperazine rings is 1. The molecule has 2 rings (SSSR count). The van der Waals surface area contributed by atoms with Crippen molar-refractivity contribution in [2.24, 2.45) is 11.3 Å². The molecular weight excluding hydrogens is 464 g/mol. The van der Waals surface area contributed by atoms with Crippen molar-refractivity contribution in [3.05, 3.63) is 35.9 Å². The van der Waals surface area contributed by atoms with E-state index in [9.17, 15) is 24.4 Å². The molecule has 0 radical (unpaired) electrons. The van der Waals surface area contributed by atoms with E-state index in [0.717, 1.165) is 18.4 Å². The Labute approximate surface area is 213 Å². The van der Waals surface area contributed by atoms with E-state index < -0.39 is 23.5 Å². The maximum atomic E-state index is 13.4. The number of unbranched alkanes of at least 4 members (excludes halogenated alkanes) is 1. The lowest BCUT2D eigenvalue weighted by Gasteiger charge is -2.39. The van der Waals surface area contributed by atoms with Crippen molar-refractivity contribution in [1.82, 2.24) is 20.2 Å². The Bertz CT molecular complexity index is 865. The molecule has 0 saturated carbocycles. The third-order valence-corrected chi connectivity index (χ3v) is 6.26. The molecule has 2 atom stereocenters. The van der Waals surface area contributed by atoms with Gasteiger partial charge in [0.05, 0.1) is 12.5 Å². The van der Waals surface area contributed by atoms with Gasteiger partial charge in [-0.05, 0) is 17.4 Å². The zero-order chi connectivity index (χ0) is 26.7. The average Bonchev–Trinajstić information content (AvgIpc) is 2.87. The summed E-state index contributed by atoms with van der Waals surface area (Å²) in [6.07, 6.45) is 1.94. The van der Waals surface area contributed by atoms with Gasteiger partial charge in [-0.1, -0.05) is 70.9 Å². The molecule has 10 nitrogen and oxygen atoms in total. The largest absolute Gasteiger partial charge is 0.445 e. The Morgan fingerprint density at radius 1 is 1.11 bits per heavy atom. The smallest absolute Gasteiger partial charge is 0.410 e. The van der Waals surface area contributed by atoms with Crippen LogP contribution in [0.5, 0.6) is 0 Å². The van der Waals surface area contributed by atoms with Gasteiger partial charge in [0.15, 0.2) is 0 Å². The van der Waals surface area contributed by atoms with Crippen LogP contribution in [0.15, 0.2) is 30.3 Å². The van der Waals surface area contributed by atoms with Crippen LogP contribution in [0.1, 0.15) is 52.5 Å². The van der Waals surface area contributed by atoms with Crippen LogP contribution >= 0.6 is 0 Å². The molecule has 10 heteroatoms. The SMILES string of the molecule is CCCC[C@H](CN(O)C=O)C(=O)N[C@H](C(=O)N1CCN(C(=O)OCc2ccccc2)CC1)C(C)(C)C. The topological polar surface area (TPSA) is 119 Å². The summed E-state index contributed by atoms with van der Waals surface area (Å²) in [5.74, 6) is -1.23. The summed E-state index contributed by atoms with van der Waals surface area (Å²) in [6, 6.07) is 8.63. The lowest BCUT2D eigenvalue weighted by Crippen LogP contribution is -2.60. The third kappa shape index (κ3) is 8.82. The van der Waals surface area contributed by atoms with Gasteiger partial charge in [-0.3, -0.25) is 19.6 Å². The number of nitrogens with zero attached hydrogens (tertiary/aromatic N) is 3. The number of hydrogen-bond donors (Lipinski definition) is 2. The second kappa shape index (κ2) is 13.8. The molecule has 200 valence electrons. The summed E-state index contributed by atoms with van der Waals surface area (Å²) in [7, 11) is 0. The molecule has 4 amide bonds. The van der Waals surface area contributed by atoms with Crippen molar-refractivity contribution in [2.75, 3.05) is 32.7 Å². The predicted molar refractivity (Wildman–Crippen MR) is 134 cm³/mol. The Morgan fingerprint density at radius 2 is 1.72 bits per heavy atom. The van der Waals surface area contributed by atoms with Crippen molar-refractivity contribution in [3.8, 4) is 0 Å². The standard InChI is InChI=1S/C26H40N4O6/c1-5-6-12-21(17-30(35)19-31)23(32)27-22(26(2,3)4)24(33)28-13-15-29(16-14-28)25(34)36-18-20-10-8-7-9-11-20/h7-11,19,21-22,35H,5-6,12-18H2,1-4H3,(H,27,32)/t21-,22-/m1/s1. The second-order valence-electron chi connectivity index (χ2n) is 10.2. The van der Waals surface area contributed by atoms with Crippen molar-refractivity contribution >= 4 is 24.3 Å². The van der Waals surface area contributed by atoms with Crippen molar-refractivity contribution in [1.29, 1.82) is 0 Å². The summed E-state index contributed by atoms with van der Waals surface area (Å²) in [6.45, 7) is 8.99. The molecule has 1 fully saturated rings. The number of carbonyl (C=O) groups excluding carboxylic acids is 4. The minimum atomic E-state index is -0.797. The van der Waals surface area contributed by atoms with E-state index >= 15 is 0 Å². The van der Waals surface area contributed by atoms with E-state index in [0.29, 0.717) is 37.7 Å². The molecule has 1 aliphatic heterocycles. The lowest BCUT2D eigenvalue weighted by atomic mass is 9.85. The van der Waals surface area contributed by atoms with Gasteiger partial charge in [-0.2, -0.15) is 0 Å². The fourth-order valence-corrected chi connectivity index (χ4v) is 4.04. The minimum absolute atomic E-state index is 0.135. The number of nitrogens with one attached hydrogen (secondary N) is 1. The zero-order valence-corrected chi connectivity index (χ0v) is 21.8. The van der Waals surface area contributed by atoms with Crippen molar-refractivity contribution < 1.29 is 29.1 Å². The number of carbonyl (C=O) groups is 4. The first-order valence-electron chi connectivity index (χ1n) is 12.5. The molecule has 0 unspecified atom stereocenters. The Morgan fingerprint density at radius 3 is 2.28 bits per heavy atom. The van der Waals surface area contributed by atoms with Crippen LogP contribution < -0.4 is 5.32 Å². The highest BCUT2D eigenvalue weighted by atomic mass is 16.6. The monoisotopic (exact) mass is 504 g/mol. The molecule has 1 saturated heterocycles. The minimum Gasteiger partial charge on any atom is -0.445 e. The summed E-state index contributed by atoms with van der Waals surface area (Å²) in [5, 5.41) is 13.0. The number of hydroxylamine groups is 2. The summed E-state index contributed by atoms with van der Waals surface area (Å²) < 4.78 is 5.39. The second-order valence-corrected chi connectivity index (χ2v) is 10.2. The summed E-state index contributed by atoms with van der Waals surface area (Å²) in [4.78, 5) is 53.1. The number of ether oxygens (including phenoxy) is 1. The van der Waals surface area contributed by atoms with Gasteiger partial charge in [0.2, 0.25) is 18.2 Å². The van der Waals surface area contributed by atoms with Crippen LogP contribution in [-0.4, -0.2) is 83.2 Å². The molecule has 1 heterocycles. The van der Waals surface area contributed by atoms with Gasteiger partial charge in [0.25, 0.3) is 0 Å². The molecular formula is C26H40N4O6. The first-order chi connectivity index (χ1) is 17.1. The zero-order valence-electron chi connectivity index (χ0n) is 21.8. The molecule has 0 aromatic heterocycles. The highest BCUT2D eigenvalue weighted by Gasteiger charge is 2.38. The molecule has 2 N–H and O–H groups in total. The van der Waals surface area contributed by atoms with Crippen molar-refractivity contribution in [3.63, 3.8) is 0 Å². The first kappa shape index (κ1) is 29.1. The summed E-state index contributed by atoms with van der Waals surface area (Å²) in [5.41, 5.74) is 0.329. The molecule has 1 aliphatic rings. The normalized spacial score (nSPS) is 15.6. The Balaban J connectivity index is 1.97. The number of rotatable bonds is 11. The number of amides is 4. The van der Waals surface area contributed by atoms with Gasteiger partial charge in [-0.25, -0.2) is 9.86 Å². The molecule has 1 aromatic rings. The Kier molecular flexibility index (Phi) is 11.2. The lowest BCUT2D eigenvalue weighted by molar-refractivity contribution is -0.155. The fourth-order valence-electron chi connectivity index (χ4n) is 4.04. The fraction of sp³-hybridized carbons (Fsp3) is 0.615. The van der Waals surface area contributed by atoms with Crippen LogP contribution in [0.25, 0.3) is 0 Å². The van der Waals surface area contributed by atoms with Crippen LogP contribution in [0, 0.1) is 11.3 Å². The highest BCUT2D eigenvalue weighted by Crippen LogP contribution is 2.23. The average molecular weight is 505 g/mol. The molecule has 0 spiro atoms. The van der Waals surface area contributed by atoms with E-state index in [-0.39, 0.29) is 31.4 Å². The molecule has 0 aliphatic carbocycles. The van der Waals surface area contributed by atoms with Gasteiger partial charge in [0, 0.05) is 26.2 Å². The van der Waals surface area contributed by atoms with E-state index in [1.807, 2.05) is 58.0 Å². The maximum Gasteiger partial charge on any atom is 0.410 e. The predicted octanol–water partition coefficient (Wildman–Crippen LogP) is 2.65. The van der Waals surface area contributed by atoms with Gasteiger partial charge in [0.1, 0.15) is 12.6 Å². The van der Waals surface area contributed by atoms with Gasteiger partial charge >= 0.3 is 6.09 Å². The highest BCUT2D eigenvalue weighted by molar-refractivity contribution is 5.89. The maximum absolute atomic E-state index is 13.4. The number of hydrogen-bond acceptors (Lipinski definition) is 6. The molecule has 1 aromatic carbocycles. The number of benzene rings is 1. The van der Waals surface area contributed by atoms with Crippen LogP contribution in [0.2, 0.25) is 0 Å². The van der Waals surface area contributed by atoms with E-state index in [1.165, 1.54) is 0 Å². The van der Waals surface area contributed by atoms with Crippen molar-refractivity contribution in [2.45, 2.75) is 59.6 Å². The van der Waals surface area contributed by atoms with Crippen LogP contribution in [0.3, 0.4) is 0 Å².